The van der Waals surface area contributed by atoms with Crippen LogP contribution in [0.4, 0.5) is 0 Å². The quantitative estimate of drug-likeness (QED) is 0.797. The molecule has 6 heteroatoms. The second-order valence-corrected chi connectivity index (χ2v) is 3.36. The molecular formula is C9H14ClN3O2. The van der Waals surface area contributed by atoms with Crippen LogP contribution in [0.1, 0.15) is 6.92 Å². The summed E-state index contributed by atoms with van der Waals surface area (Å²) in [5, 5.41) is 9.05. The predicted octanol–water partition coefficient (Wildman–Crippen LogP) is 0.377. The third kappa shape index (κ3) is 3.21. The first-order valence-electron chi connectivity index (χ1n) is 4.74. The number of imidazole rings is 1. The molecule has 1 rings (SSSR count). The largest absolute Gasteiger partial charge is 0.395 e. The van der Waals surface area contributed by atoms with Crippen molar-refractivity contribution >= 4 is 17.5 Å². The van der Waals surface area contributed by atoms with Crippen molar-refractivity contribution in [1.29, 1.82) is 0 Å². The van der Waals surface area contributed by atoms with Gasteiger partial charge in [0.05, 0.1) is 6.61 Å². The lowest BCUT2D eigenvalue weighted by molar-refractivity contribution is -0.132. The lowest BCUT2D eigenvalue weighted by Gasteiger charge is -2.19. The molecule has 0 bridgehead atoms. The van der Waals surface area contributed by atoms with Crippen molar-refractivity contribution in [3.8, 4) is 0 Å². The molecule has 1 amide bonds. The minimum Gasteiger partial charge on any atom is -0.395 e. The SMILES string of the molecule is CCN(CCO)C(=O)Cn1ccnc1Cl. The van der Waals surface area contributed by atoms with Crippen LogP contribution >= 0.6 is 11.6 Å². The van der Waals surface area contributed by atoms with Crippen molar-refractivity contribution in [2.45, 2.75) is 13.5 Å². The highest BCUT2D eigenvalue weighted by Crippen LogP contribution is 2.05. The number of likely N-dealkylation sites (N-methyl/N-ethyl adjacent to an activating group) is 1. The van der Waals surface area contributed by atoms with Gasteiger partial charge in [-0.3, -0.25) is 4.79 Å². The first-order valence-corrected chi connectivity index (χ1v) is 5.12. The molecule has 0 aliphatic heterocycles. The summed E-state index contributed by atoms with van der Waals surface area (Å²) < 4.78 is 1.56. The minimum atomic E-state index is -0.0774. The zero-order chi connectivity index (χ0) is 11.3. The summed E-state index contributed by atoms with van der Waals surface area (Å²) in [6.07, 6.45) is 3.19. The van der Waals surface area contributed by atoms with Gasteiger partial charge in [0.1, 0.15) is 6.54 Å². The maximum atomic E-state index is 11.7. The van der Waals surface area contributed by atoms with Gasteiger partial charge in [-0.25, -0.2) is 4.98 Å². The number of amides is 1. The molecule has 0 saturated heterocycles. The predicted molar refractivity (Wildman–Crippen MR) is 56.6 cm³/mol. The molecule has 0 aliphatic carbocycles. The smallest absolute Gasteiger partial charge is 0.242 e. The van der Waals surface area contributed by atoms with Crippen LogP contribution in [0.5, 0.6) is 0 Å². The molecule has 0 fully saturated rings. The number of hydrogen-bond acceptors (Lipinski definition) is 3. The summed E-state index contributed by atoms with van der Waals surface area (Å²) in [6.45, 7) is 2.92. The van der Waals surface area contributed by atoms with Crippen LogP contribution in [0.25, 0.3) is 0 Å². The number of aromatic nitrogens is 2. The van der Waals surface area contributed by atoms with E-state index in [0.29, 0.717) is 18.4 Å². The molecule has 0 atom stereocenters. The number of aliphatic hydroxyl groups excluding tert-OH is 1. The monoisotopic (exact) mass is 231 g/mol. The molecule has 0 radical (unpaired) electrons. The Labute approximate surface area is 93.3 Å². The lowest BCUT2D eigenvalue weighted by Crippen LogP contribution is -2.35. The molecule has 0 unspecified atom stereocenters. The Kier molecular flexibility index (Phi) is 4.58. The Hall–Kier alpha value is -1.07. The Balaban J connectivity index is 2.58. The molecule has 1 N–H and O–H groups in total. The molecule has 0 aromatic carbocycles. The number of rotatable bonds is 5. The number of carbonyl (C=O) groups excluding carboxylic acids is 1. The van der Waals surface area contributed by atoms with E-state index in [-0.39, 0.29) is 19.1 Å². The Bertz CT molecular complexity index is 327. The fraction of sp³-hybridized carbons (Fsp3) is 0.556. The van der Waals surface area contributed by atoms with Gasteiger partial charge in [0.2, 0.25) is 11.2 Å². The Morgan fingerprint density at radius 1 is 1.73 bits per heavy atom. The number of halogens is 1. The normalized spacial score (nSPS) is 10.3. The van der Waals surface area contributed by atoms with E-state index in [2.05, 4.69) is 4.98 Å². The lowest BCUT2D eigenvalue weighted by atomic mass is 10.4. The molecule has 1 aromatic rings. The fourth-order valence-corrected chi connectivity index (χ4v) is 1.43. The highest BCUT2D eigenvalue weighted by atomic mass is 35.5. The van der Waals surface area contributed by atoms with Gasteiger partial charge in [-0.05, 0) is 18.5 Å². The maximum Gasteiger partial charge on any atom is 0.242 e. The van der Waals surface area contributed by atoms with Gasteiger partial charge in [0.15, 0.2) is 0 Å². The molecule has 0 aliphatic rings. The van der Waals surface area contributed by atoms with E-state index in [0.717, 1.165) is 0 Å². The minimum absolute atomic E-state index is 0.0305. The highest BCUT2D eigenvalue weighted by molar-refractivity contribution is 6.28. The van der Waals surface area contributed by atoms with Crippen LogP contribution in [-0.2, 0) is 11.3 Å². The van der Waals surface area contributed by atoms with Gasteiger partial charge in [-0.1, -0.05) is 0 Å². The van der Waals surface area contributed by atoms with Gasteiger partial charge in [-0.2, -0.15) is 0 Å². The maximum absolute atomic E-state index is 11.7. The van der Waals surface area contributed by atoms with Crippen LogP contribution < -0.4 is 0 Å². The third-order valence-electron chi connectivity index (χ3n) is 2.07. The van der Waals surface area contributed by atoms with Gasteiger partial charge in [0, 0.05) is 25.5 Å². The Morgan fingerprint density at radius 2 is 2.47 bits per heavy atom. The summed E-state index contributed by atoms with van der Waals surface area (Å²) in [7, 11) is 0. The average molecular weight is 232 g/mol. The number of carbonyl (C=O) groups is 1. The Morgan fingerprint density at radius 3 is 2.93 bits per heavy atom. The standard InChI is InChI=1S/C9H14ClN3O2/c1-2-12(5-6-14)8(15)7-13-4-3-11-9(13)10/h3-4,14H,2,5-7H2,1H3. The topological polar surface area (TPSA) is 58.4 Å². The van der Waals surface area contributed by atoms with Crippen LogP contribution in [-0.4, -0.2) is 45.2 Å². The summed E-state index contributed by atoms with van der Waals surface area (Å²) in [5.74, 6) is -0.0774. The van der Waals surface area contributed by atoms with Crippen LogP contribution in [0.3, 0.4) is 0 Å². The first kappa shape index (κ1) is 12.0. The molecule has 0 spiro atoms. The van der Waals surface area contributed by atoms with E-state index >= 15 is 0 Å². The van der Waals surface area contributed by atoms with Gasteiger partial charge < -0.3 is 14.6 Å². The molecule has 1 heterocycles. The van der Waals surface area contributed by atoms with Crippen molar-refractivity contribution in [3.05, 3.63) is 17.7 Å². The second kappa shape index (κ2) is 5.72. The van der Waals surface area contributed by atoms with Gasteiger partial charge in [0.25, 0.3) is 0 Å². The first-order chi connectivity index (χ1) is 7.19. The summed E-state index contributed by atoms with van der Waals surface area (Å²) in [4.78, 5) is 17.1. The number of nitrogens with zero attached hydrogens (tertiary/aromatic N) is 3. The van der Waals surface area contributed by atoms with Crippen molar-refractivity contribution < 1.29 is 9.90 Å². The van der Waals surface area contributed by atoms with Gasteiger partial charge in [-0.15, -0.1) is 0 Å². The van der Waals surface area contributed by atoms with E-state index in [1.165, 1.54) is 6.20 Å². The summed E-state index contributed by atoms with van der Waals surface area (Å²) >= 11 is 5.74. The zero-order valence-electron chi connectivity index (χ0n) is 8.56. The molecular weight excluding hydrogens is 218 g/mol. The van der Waals surface area contributed by atoms with E-state index in [1.54, 1.807) is 15.7 Å². The van der Waals surface area contributed by atoms with Crippen molar-refractivity contribution in [1.82, 2.24) is 14.5 Å². The van der Waals surface area contributed by atoms with Gasteiger partial charge >= 0.3 is 0 Å². The molecule has 15 heavy (non-hydrogen) atoms. The fourth-order valence-electron chi connectivity index (χ4n) is 1.25. The van der Waals surface area contributed by atoms with Crippen LogP contribution in [0, 0.1) is 0 Å². The molecule has 1 aromatic heterocycles. The van der Waals surface area contributed by atoms with Crippen molar-refractivity contribution in [2.75, 3.05) is 19.7 Å². The van der Waals surface area contributed by atoms with E-state index < -0.39 is 0 Å². The van der Waals surface area contributed by atoms with E-state index in [4.69, 9.17) is 16.7 Å². The van der Waals surface area contributed by atoms with E-state index in [1.807, 2.05) is 6.92 Å². The average Bonchev–Trinajstić information content (AvgIpc) is 2.60. The number of aliphatic hydroxyl groups is 1. The second-order valence-electron chi connectivity index (χ2n) is 3.02. The third-order valence-corrected chi connectivity index (χ3v) is 2.39. The van der Waals surface area contributed by atoms with Crippen molar-refractivity contribution in [2.24, 2.45) is 0 Å². The summed E-state index contributed by atoms with van der Waals surface area (Å²) in [5.41, 5.74) is 0. The summed E-state index contributed by atoms with van der Waals surface area (Å²) in [6, 6.07) is 0. The van der Waals surface area contributed by atoms with Crippen molar-refractivity contribution in [3.63, 3.8) is 0 Å². The highest BCUT2D eigenvalue weighted by Gasteiger charge is 2.12. The zero-order valence-corrected chi connectivity index (χ0v) is 9.31. The van der Waals surface area contributed by atoms with Crippen LogP contribution in [0.15, 0.2) is 12.4 Å². The molecule has 84 valence electrons. The van der Waals surface area contributed by atoms with Crippen LogP contribution in [0.2, 0.25) is 5.28 Å². The molecule has 0 saturated carbocycles. The number of hydrogen-bond donors (Lipinski definition) is 1. The van der Waals surface area contributed by atoms with E-state index in [9.17, 15) is 4.79 Å². The molecule has 5 nitrogen and oxygen atoms in total.